The molecule has 3 rings (SSSR count). The van der Waals surface area contributed by atoms with Crippen molar-refractivity contribution < 1.29 is 36.7 Å². The van der Waals surface area contributed by atoms with Gasteiger partial charge in [-0.2, -0.15) is 0 Å². The van der Waals surface area contributed by atoms with Crippen molar-refractivity contribution in [3.63, 3.8) is 0 Å². The van der Waals surface area contributed by atoms with E-state index in [1.54, 1.807) is 20.8 Å². The highest BCUT2D eigenvalue weighted by atomic mass is 32.2. The maximum Gasteiger partial charge on any atom is 0.348 e. The van der Waals surface area contributed by atoms with Crippen molar-refractivity contribution in [3.05, 3.63) is 75.9 Å². The monoisotopic (exact) mass is 534 g/mol. The number of thiophene rings is 1. The molecule has 9 nitrogen and oxygen atoms in total. The SMILES string of the molecule is CCOC(=O)c1sc(NC(=O)c2ccc(NS(=O)(=O)c3ccc(F)cc3)cc2)c(C(=O)OCC)c1C. The number of hydrogen-bond acceptors (Lipinski definition) is 8. The number of benzene rings is 2. The molecular formula is C24H23FN2O7S2. The van der Waals surface area contributed by atoms with Crippen LogP contribution >= 0.6 is 11.3 Å². The van der Waals surface area contributed by atoms with Crippen LogP contribution < -0.4 is 10.0 Å². The molecule has 0 radical (unpaired) electrons. The summed E-state index contributed by atoms with van der Waals surface area (Å²) in [5.74, 6) is -2.47. The molecule has 0 aliphatic rings. The second-order valence-corrected chi connectivity index (χ2v) is 10.00. The Hall–Kier alpha value is -3.77. The molecular weight excluding hydrogens is 511 g/mol. The van der Waals surface area contributed by atoms with E-state index >= 15 is 0 Å². The van der Waals surface area contributed by atoms with Gasteiger partial charge in [-0.15, -0.1) is 11.3 Å². The van der Waals surface area contributed by atoms with E-state index in [0.29, 0.717) is 5.56 Å². The molecule has 0 aliphatic carbocycles. The number of carbonyl (C=O) groups is 3. The first-order valence-corrected chi connectivity index (χ1v) is 13.0. The van der Waals surface area contributed by atoms with Gasteiger partial charge in [0.15, 0.2) is 0 Å². The first-order chi connectivity index (χ1) is 17.1. The van der Waals surface area contributed by atoms with E-state index < -0.39 is 33.7 Å². The molecule has 1 heterocycles. The number of amides is 1. The van der Waals surface area contributed by atoms with Gasteiger partial charge < -0.3 is 14.8 Å². The average molecular weight is 535 g/mol. The third-order valence-corrected chi connectivity index (χ3v) is 7.42. The van der Waals surface area contributed by atoms with Gasteiger partial charge in [-0.1, -0.05) is 0 Å². The molecule has 0 atom stereocenters. The van der Waals surface area contributed by atoms with E-state index in [1.165, 1.54) is 24.3 Å². The molecule has 0 fully saturated rings. The second-order valence-electron chi connectivity index (χ2n) is 7.29. The van der Waals surface area contributed by atoms with Crippen molar-refractivity contribution in [2.24, 2.45) is 0 Å². The highest BCUT2D eigenvalue weighted by Crippen LogP contribution is 2.34. The average Bonchev–Trinajstić information content (AvgIpc) is 3.15. The fourth-order valence-corrected chi connectivity index (χ4v) is 5.28. The van der Waals surface area contributed by atoms with E-state index in [9.17, 15) is 27.2 Å². The number of hydrogen-bond donors (Lipinski definition) is 2. The number of nitrogens with one attached hydrogen (secondary N) is 2. The minimum atomic E-state index is -3.96. The van der Waals surface area contributed by atoms with Crippen LogP contribution in [0.5, 0.6) is 0 Å². The normalized spacial score (nSPS) is 11.0. The summed E-state index contributed by atoms with van der Waals surface area (Å²) in [6, 6.07) is 9.86. The van der Waals surface area contributed by atoms with E-state index in [4.69, 9.17) is 9.47 Å². The van der Waals surface area contributed by atoms with Gasteiger partial charge in [0.25, 0.3) is 15.9 Å². The maximum atomic E-state index is 13.1. The summed E-state index contributed by atoms with van der Waals surface area (Å²) in [6.07, 6.45) is 0. The summed E-state index contributed by atoms with van der Waals surface area (Å²) >= 11 is 0.895. The van der Waals surface area contributed by atoms with Crippen molar-refractivity contribution in [3.8, 4) is 0 Å². The summed E-state index contributed by atoms with van der Waals surface area (Å²) in [4.78, 5) is 37.7. The Kier molecular flexibility index (Phi) is 8.43. The molecule has 0 saturated carbocycles. The Bertz CT molecular complexity index is 1380. The smallest absolute Gasteiger partial charge is 0.348 e. The first kappa shape index (κ1) is 26.8. The molecule has 12 heteroatoms. The molecule has 1 amide bonds. The summed E-state index contributed by atoms with van der Waals surface area (Å²) in [7, 11) is -3.96. The number of esters is 2. The highest BCUT2D eigenvalue weighted by molar-refractivity contribution is 7.92. The van der Waals surface area contributed by atoms with Crippen molar-refractivity contribution >= 4 is 49.9 Å². The van der Waals surface area contributed by atoms with Gasteiger partial charge in [0.05, 0.1) is 23.7 Å². The quantitative estimate of drug-likeness (QED) is 0.384. The number of halogens is 1. The van der Waals surface area contributed by atoms with Gasteiger partial charge in [0.1, 0.15) is 15.7 Å². The van der Waals surface area contributed by atoms with Crippen LogP contribution in [0.3, 0.4) is 0 Å². The Morgan fingerprint density at radius 1 is 0.917 bits per heavy atom. The Labute approximate surface area is 211 Å². The van der Waals surface area contributed by atoms with E-state index in [-0.39, 0.29) is 44.8 Å². The lowest BCUT2D eigenvalue weighted by Crippen LogP contribution is -2.15. The van der Waals surface area contributed by atoms with Crippen LogP contribution in [-0.2, 0) is 19.5 Å². The molecule has 190 valence electrons. The highest BCUT2D eigenvalue weighted by Gasteiger charge is 2.27. The number of carbonyl (C=O) groups excluding carboxylic acids is 3. The molecule has 0 spiro atoms. The third-order valence-electron chi connectivity index (χ3n) is 4.84. The number of anilines is 2. The van der Waals surface area contributed by atoms with Crippen LogP contribution in [-0.4, -0.2) is 39.5 Å². The van der Waals surface area contributed by atoms with Crippen LogP contribution in [0.25, 0.3) is 0 Å². The Balaban J connectivity index is 1.81. The summed E-state index contributed by atoms with van der Waals surface area (Å²) < 4.78 is 50.5. The summed E-state index contributed by atoms with van der Waals surface area (Å²) in [5.41, 5.74) is 0.734. The lowest BCUT2D eigenvalue weighted by Gasteiger charge is -2.10. The standard InChI is InChI=1S/C24H23FN2O7S2/c1-4-33-23(29)19-14(3)20(24(30)34-5-2)35-22(19)26-21(28)15-6-10-17(11-7-15)27-36(31,32)18-12-8-16(25)9-13-18/h6-13,27H,4-5H2,1-3H3,(H,26,28). The predicted molar refractivity (Wildman–Crippen MR) is 133 cm³/mol. The molecule has 3 aromatic rings. The molecule has 2 N–H and O–H groups in total. The molecule has 0 aliphatic heterocycles. The van der Waals surface area contributed by atoms with E-state index in [1.807, 2.05) is 0 Å². The Morgan fingerprint density at radius 2 is 1.50 bits per heavy atom. The molecule has 0 saturated heterocycles. The summed E-state index contributed by atoms with van der Waals surface area (Å²) in [6.45, 7) is 5.09. The van der Waals surface area contributed by atoms with Gasteiger partial charge in [-0.25, -0.2) is 22.4 Å². The fourth-order valence-electron chi connectivity index (χ4n) is 3.13. The number of rotatable bonds is 9. The van der Waals surface area contributed by atoms with Crippen LogP contribution in [0.2, 0.25) is 0 Å². The van der Waals surface area contributed by atoms with Crippen LogP contribution in [0.1, 0.15) is 49.8 Å². The first-order valence-electron chi connectivity index (χ1n) is 10.7. The van der Waals surface area contributed by atoms with Crippen molar-refractivity contribution in [2.45, 2.75) is 25.7 Å². The van der Waals surface area contributed by atoms with Gasteiger partial charge in [-0.05, 0) is 74.9 Å². The van der Waals surface area contributed by atoms with Gasteiger partial charge in [0.2, 0.25) is 0 Å². The predicted octanol–water partition coefficient (Wildman–Crippen LogP) is 4.60. The second kappa shape index (κ2) is 11.3. The molecule has 0 unspecified atom stereocenters. The number of sulfonamides is 1. The Morgan fingerprint density at radius 3 is 2.08 bits per heavy atom. The molecule has 0 bridgehead atoms. The van der Waals surface area contributed by atoms with Gasteiger partial charge in [-0.3, -0.25) is 9.52 Å². The van der Waals surface area contributed by atoms with Crippen LogP contribution in [0.15, 0.2) is 53.4 Å². The van der Waals surface area contributed by atoms with Crippen molar-refractivity contribution in [2.75, 3.05) is 23.3 Å². The van der Waals surface area contributed by atoms with E-state index in [2.05, 4.69) is 10.0 Å². The minimum absolute atomic E-state index is 0.0573. The molecule has 36 heavy (non-hydrogen) atoms. The summed E-state index contributed by atoms with van der Waals surface area (Å²) in [5, 5.41) is 2.75. The van der Waals surface area contributed by atoms with E-state index in [0.717, 1.165) is 35.6 Å². The zero-order valence-corrected chi connectivity index (χ0v) is 21.2. The van der Waals surface area contributed by atoms with Gasteiger partial charge >= 0.3 is 11.9 Å². The number of ether oxygens (including phenoxy) is 2. The van der Waals surface area contributed by atoms with Crippen molar-refractivity contribution in [1.82, 2.24) is 0 Å². The third kappa shape index (κ3) is 6.07. The maximum absolute atomic E-state index is 13.1. The topological polar surface area (TPSA) is 128 Å². The fraction of sp³-hybridized carbons (Fsp3) is 0.208. The lowest BCUT2D eigenvalue weighted by atomic mass is 10.1. The zero-order valence-electron chi connectivity index (χ0n) is 19.6. The van der Waals surface area contributed by atoms with Crippen molar-refractivity contribution in [1.29, 1.82) is 0 Å². The molecule has 2 aromatic carbocycles. The van der Waals surface area contributed by atoms with Crippen LogP contribution in [0.4, 0.5) is 15.1 Å². The largest absolute Gasteiger partial charge is 0.462 e. The molecule has 1 aromatic heterocycles. The minimum Gasteiger partial charge on any atom is -0.462 e. The van der Waals surface area contributed by atoms with Gasteiger partial charge in [0, 0.05) is 11.3 Å². The lowest BCUT2D eigenvalue weighted by molar-refractivity contribution is 0.0527. The zero-order chi connectivity index (χ0) is 26.5. The van der Waals surface area contributed by atoms with Crippen LogP contribution in [0, 0.1) is 12.7 Å².